The monoisotopic (exact) mass is 144 g/mol. The maximum absolute atomic E-state index is 8.23. The SMILES string of the molecule is CC(C)C(C)CC(N)=NO. The Morgan fingerprint density at radius 1 is 1.50 bits per heavy atom. The second-order valence-electron chi connectivity index (χ2n) is 3.02. The van der Waals surface area contributed by atoms with Gasteiger partial charge in [0.2, 0.25) is 0 Å². The van der Waals surface area contributed by atoms with Crippen LogP contribution < -0.4 is 5.73 Å². The maximum atomic E-state index is 8.23. The topological polar surface area (TPSA) is 58.6 Å². The van der Waals surface area contributed by atoms with Gasteiger partial charge in [0.05, 0.1) is 0 Å². The molecule has 0 radical (unpaired) electrons. The van der Waals surface area contributed by atoms with Crippen molar-refractivity contribution in [1.29, 1.82) is 0 Å². The first-order chi connectivity index (χ1) is 4.57. The predicted molar refractivity (Wildman–Crippen MR) is 42.0 cm³/mol. The fourth-order valence-corrected chi connectivity index (χ4v) is 0.606. The van der Waals surface area contributed by atoms with E-state index < -0.39 is 0 Å². The lowest BCUT2D eigenvalue weighted by atomic mass is 9.94. The summed E-state index contributed by atoms with van der Waals surface area (Å²) in [5, 5.41) is 11.1. The molecule has 0 amide bonds. The lowest BCUT2D eigenvalue weighted by Crippen LogP contribution is -2.18. The van der Waals surface area contributed by atoms with Crippen LogP contribution in [0.5, 0.6) is 0 Å². The summed E-state index contributed by atoms with van der Waals surface area (Å²) >= 11 is 0. The van der Waals surface area contributed by atoms with E-state index in [2.05, 4.69) is 25.9 Å². The van der Waals surface area contributed by atoms with Crippen LogP contribution in [0, 0.1) is 11.8 Å². The smallest absolute Gasteiger partial charge is 0.139 e. The molecule has 0 aromatic carbocycles. The highest BCUT2D eigenvalue weighted by molar-refractivity contribution is 5.79. The molecule has 3 nitrogen and oxygen atoms in total. The molecule has 1 atom stereocenters. The van der Waals surface area contributed by atoms with Gasteiger partial charge in [0, 0.05) is 6.42 Å². The third-order valence-electron chi connectivity index (χ3n) is 1.80. The lowest BCUT2D eigenvalue weighted by molar-refractivity contribution is 0.313. The molecular weight excluding hydrogens is 128 g/mol. The minimum absolute atomic E-state index is 0.321. The van der Waals surface area contributed by atoms with Crippen LogP contribution in [0.2, 0.25) is 0 Å². The van der Waals surface area contributed by atoms with Crippen molar-refractivity contribution in [3.05, 3.63) is 0 Å². The summed E-state index contributed by atoms with van der Waals surface area (Å²) in [6.07, 6.45) is 0.675. The molecule has 0 aliphatic rings. The highest BCUT2D eigenvalue weighted by Gasteiger charge is 2.08. The summed E-state index contributed by atoms with van der Waals surface area (Å²) in [6.45, 7) is 6.33. The van der Waals surface area contributed by atoms with Crippen LogP contribution in [-0.4, -0.2) is 11.0 Å². The second-order valence-corrected chi connectivity index (χ2v) is 3.02. The van der Waals surface area contributed by atoms with Gasteiger partial charge in [-0.05, 0) is 11.8 Å². The molecule has 0 aromatic rings. The number of oxime groups is 1. The molecule has 0 aliphatic heterocycles. The molecule has 0 bridgehead atoms. The van der Waals surface area contributed by atoms with E-state index >= 15 is 0 Å². The van der Waals surface area contributed by atoms with Crippen molar-refractivity contribution in [3.8, 4) is 0 Å². The van der Waals surface area contributed by atoms with E-state index in [9.17, 15) is 0 Å². The Bertz CT molecular complexity index is 121. The normalized spacial score (nSPS) is 15.8. The van der Waals surface area contributed by atoms with Crippen LogP contribution in [0.4, 0.5) is 0 Å². The summed E-state index contributed by atoms with van der Waals surface area (Å²) in [6, 6.07) is 0. The first-order valence-electron chi connectivity index (χ1n) is 3.54. The quantitative estimate of drug-likeness (QED) is 0.272. The molecule has 0 aliphatic carbocycles. The highest BCUT2D eigenvalue weighted by atomic mass is 16.4. The van der Waals surface area contributed by atoms with Crippen LogP contribution in [-0.2, 0) is 0 Å². The molecule has 0 rings (SSSR count). The van der Waals surface area contributed by atoms with E-state index in [1.165, 1.54) is 0 Å². The van der Waals surface area contributed by atoms with E-state index in [0.717, 1.165) is 0 Å². The van der Waals surface area contributed by atoms with Gasteiger partial charge in [0.1, 0.15) is 5.84 Å². The Kier molecular flexibility index (Phi) is 3.84. The van der Waals surface area contributed by atoms with E-state index in [4.69, 9.17) is 10.9 Å². The van der Waals surface area contributed by atoms with E-state index in [-0.39, 0.29) is 0 Å². The average Bonchev–Trinajstić information content (AvgIpc) is 1.87. The van der Waals surface area contributed by atoms with Gasteiger partial charge < -0.3 is 10.9 Å². The zero-order valence-corrected chi connectivity index (χ0v) is 6.83. The minimum atomic E-state index is 0.321. The second kappa shape index (κ2) is 4.14. The summed E-state index contributed by atoms with van der Waals surface area (Å²) < 4.78 is 0. The molecule has 60 valence electrons. The average molecular weight is 144 g/mol. The maximum Gasteiger partial charge on any atom is 0.139 e. The van der Waals surface area contributed by atoms with Crippen LogP contribution in [0.1, 0.15) is 27.2 Å². The molecule has 3 heteroatoms. The fourth-order valence-electron chi connectivity index (χ4n) is 0.606. The summed E-state index contributed by atoms with van der Waals surface area (Å²) in [4.78, 5) is 0. The standard InChI is InChI=1S/C7H16N2O/c1-5(2)6(3)4-7(8)9-10/h5-6,10H,4H2,1-3H3,(H2,8,9). The van der Waals surface area contributed by atoms with E-state index in [1.807, 2.05) is 0 Å². The zero-order valence-electron chi connectivity index (χ0n) is 6.83. The number of rotatable bonds is 3. The molecule has 0 aromatic heterocycles. The van der Waals surface area contributed by atoms with Crippen molar-refractivity contribution < 1.29 is 5.21 Å². The summed E-state index contributed by atoms with van der Waals surface area (Å²) in [5.74, 6) is 1.39. The van der Waals surface area contributed by atoms with Gasteiger partial charge in [-0.2, -0.15) is 0 Å². The largest absolute Gasteiger partial charge is 0.409 e. The van der Waals surface area contributed by atoms with Crippen LogP contribution in [0.3, 0.4) is 0 Å². The van der Waals surface area contributed by atoms with Gasteiger partial charge >= 0.3 is 0 Å². The minimum Gasteiger partial charge on any atom is -0.409 e. The Balaban J connectivity index is 3.68. The predicted octanol–water partition coefficient (Wildman–Crippen LogP) is 1.42. The number of hydrogen-bond acceptors (Lipinski definition) is 2. The van der Waals surface area contributed by atoms with Gasteiger partial charge in [-0.3, -0.25) is 0 Å². The third-order valence-corrected chi connectivity index (χ3v) is 1.80. The zero-order chi connectivity index (χ0) is 8.15. The molecular formula is C7H16N2O. The molecule has 0 spiro atoms. The molecule has 0 heterocycles. The third kappa shape index (κ3) is 3.33. The Morgan fingerprint density at radius 2 is 2.00 bits per heavy atom. The van der Waals surface area contributed by atoms with Crippen molar-refractivity contribution in [2.24, 2.45) is 22.7 Å². The summed E-state index contributed by atoms with van der Waals surface area (Å²) in [5.41, 5.74) is 5.31. The van der Waals surface area contributed by atoms with Crippen molar-refractivity contribution >= 4 is 5.84 Å². The van der Waals surface area contributed by atoms with Gasteiger partial charge in [0.15, 0.2) is 0 Å². The van der Waals surface area contributed by atoms with Crippen LogP contribution in [0.25, 0.3) is 0 Å². The van der Waals surface area contributed by atoms with Gasteiger partial charge in [0.25, 0.3) is 0 Å². The van der Waals surface area contributed by atoms with Crippen molar-refractivity contribution in [3.63, 3.8) is 0 Å². The first-order valence-corrected chi connectivity index (χ1v) is 3.54. The fraction of sp³-hybridized carbons (Fsp3) is 0.857. The molecule has 1 unspecified atom stereocenters. The molecule has 0 saturated heterocycles. The number of hydrogen-bond donors (Lipinski definition) is 2. The number of amidine groups is 1. The molecule has 0 saturated carbocycles. The highest BCUT2D eigenvalue weighted by Crippen LogP contribution is 2.12. The van der Waals surface area contributed by atoms with Crippen molar-refractivity contribution in [2.75, 3.05) is 0 Å². The molecule has 0 fully saturated rings. The summed E-state index contributed by atoms with van der Waals surface area (Å²) in [7, 11) is 0. The Labute approximate surface area is 61.9 Å². The molecule has 3 N–H and O–H groups in total. The number of nitrogens with zero attached hydrogens (tertiary/aromatic N) is 1. The van der Waals surface area contributed by atoms with Crippen LogP contribution >= 0.6 is 0 Å². The number of nitrogens with two attached hydrogens (primary N) is 1. The Morgan fingerprint density at radius 3 is 2.30 bits per heavy atom. The van der Waals surface area contributed by atoms with Crippen molar-refractivity contribution in [1.82, 2.24) is 0 Å². The molecule has 10 heavy (non-hydrogen) atoms. The van der Waals surface area contributed by atoms with E-state index in [0.29, 0.717) is 24.1 Å². The van der Waals surface area contributed by atoms with Gasteiger partial charge in [-0.25, -0.2) is 0 Å². The van der Waals surface area contributed by atoms with Crippen LogP contribution in [0.15, 0.2) is 5.16 Å². The van der Waals surface area contributed by atoms with Gasteiger partial charge in [-0.1, -0.05) is 25.9 Å². The van der Waals surface area contributed by atoms with E-state index in [1.54, 1.807) is 0 Å². The van der Waals surface area contributed by atoms with Gasteiger partial charge in [-0.15, -0.1) is 0 Å². The first kappa shape index (κ1) is 9.27. The Hall–Kier alpha value is -0.730. The lowest BCUT2D eigenvalue weighted by Gasteiger charge is -2.13. The van der Waals surface area contributed by atoms with Crippen molar-refractivity contribution in [2.45, 2.75) is 27.2 Å².